The minimum absolute atomic E-state index is 0.148. The maximum atomic E-state index is 11.9. The Bertz CT molecular complexity index is 415. The number of nitrogens with one attached hydrogen (secondary N) is 1. The topological polar surface area (TPSA) is 55.1 Å². The highest BCUT2D eigenvalue weighted by atomic mass is 16.1. The summed E-state index contributed by atoms with van der Waals surface area (Å²) >= 11 is 0. The second-order valence-electron chi connectivity index (χ2n) is 4.26. The van der Waals surface area contributed by atoms with E-state index in [1.807, 2.05) is 26.0 Å². The highest BCUT2D eigenvalue weighted by molar-refractivity contribution is 5.94. The van der Waals surface area contributed by atoms with Crippen molar-refractivity contribution in [2.75, 3.05) is 0 Å². The third-order valence-electron chi connectivity index (χ3n) is 2.58. The molecule has 0 saturated carbocycles. The molecule has 0 aliphatic carbocycles. The molecule has 0 aliphatic rings. The Morgan fingerprint density at radius 1 is 1.41 bits per heavy atom. The van der Waals surface area contributed by atoms with Gasteiger partial charge in [0.1, 0.15) is 0 Å². The number of amides is 1. The molecule has 3 N–H and O–H groups in total. The molecule has 0 bridgehead atoms. The van der Waals surface area contributed by atoms with E-state index in [1.54, 1.807) is 12.1 Å². The first-order chi connectivity index (χ1) is 8.08. The smallest absolute Gasteiger partial charge is 0.252 e. The molecule has 1 aromatic carbocycles. The van der Waals surface area contributed by atoms with Gasteiger partial charge in [0.25, 0.3) is 5.91 Å². The molecule has 0 spiro atoms. The highest BCUT2D eigenvalue weighted by Gasteiger charge is 2.14. The predicted molar refractivity (Wildman–Crippen MR) is 69.3 cm³/mol. The van der Waals surface area contributed by atoms with Crippen LogP contribution < -0.4 is 11.1 Å². The van der Waals surface area contributed by atoms with Gasteiger partial charge in [0.05, 0.1) is 6.04 Å². The van der Waals surface area contributed by atoms with Crippen molar-refractivity contribution in [1.29, 1.82) is 0 Å². The number of hydrogen-bond donors (Lipinski definition) is 2. The van der Waals surface area contributed by atoms with E-state index in [4.69, 9.17) is 12.2 Å². The number of terminal acetylenes is 1. The number of carbonyl (C=O) groups excluding carboxylic acids is 1. The van der Waals surface area contributed by atoms with Crippen molar-refractivity contribution in [3.63, 3.8) is 0 Å². The monoisotopic (exact) mass is 230 g/mol. The maximum absolute atomic E-state index is 11.9. The maximum Gasteiger partial charge on any atom is 0.252 e. The van der Waals surface area contributed by atoms with Crippen LogP contribution in [-0.4, -0.2) is 11.9 Å². The average molecular weight is 230 g/mol. The normalized spacial score (nSPS) is 11.9. The number of nitrogens with two attached hydrogens (primary N) is 1. The second kappa shape index (κ2) is 6.07. The summed E-state index contributed by atoms with van der Waals surface area (Å²) in [5.74, 6) is 2.64. The summed E-state index contributed by atoms with van der Waals surface area (Å²) in [7, 11) is 0. The van der Waals surface area contributed by atoms with E-state index in [0.717, 1.165) is 5.56 Å². The molecular formula is C14H18N2O. The van der Waals surface area contributed by atoms with Crippen molar-refractivity contribution in [3.05, 3.63) is 35.4 Å². The standard InChI is InChI=1S/C14H18N2O/c1-4-13(10(2)3)16-14(17)12-7-5-11(9-15)6-8-12/h1,5-8,10,13H,9,15H2,2-3H3,(H,16,17). The van der Waals surface area contributed by atoms with Gasteiger partial charge in [0, 0.05) is 12.1 Å². The first-order valence-electron chi connectivity index (χ1n) is 5.64. The van der Waals surface area contributed by atoms with Crippen molar-refractivity contribution >= 4 is 5.91 Å². The van der Waals surface area contributed by atoms with Crippen LogP contribution in [0.1, 0.15) is 29.8 Å². The van der Waals surface area contributed by atoms with E-state index < -0.39 is 0 Å². The minimum Gasteiger partial charge on any atom is -0.338 e. The lowest BCUT2D eigenvalue weighted by Crippen LogP contribution is -2.37. The molecule has 0 radical (unpaired) electrons. The van der Waals surface area contributed by atoms with Crippen LogP contribution in [0.2, 0.25) is 0 Å². The predicted octanol–water partition coefficient (Wildman–Crippen LogP) is 1.53. The summed E-state index contributed by atoms with van der Waals surface area (Å²) in [5, 5.41) is 2.81. The summed E-state index contributed by atoms with van der Waals surface area (Å²) in [5.41, 5.74) is 7.09. The van der Waals surface area contributed by atoms with Gasteiger partial charge in [-0.2, -0.15) is 0 Å². The van der Waals surface area contributed by atoms with Gasteiger partial charge in [-0.25, -0.2) is 0 Å². The fourth-order valence-corrected chi connectivity index (χ4v) is 1.42. The minimum atomic E-state index is -0.239. The largest absolute Gasteiger partial charge is 0.338 e. The Balaban J connectivity index is 2.73. The third-order valence-corrected chi connectivity index (χ3v) is 2.58. The SMILES string of the molecule is C#CC(NC(=O)c1ccc(CN)cc1)C(C)C. The van der Waals surface area contributed by atoms with Crippen molar-refractivity contribution < 1.29 is 4.79 Å². The molecule has 1 unspecified atom stereocenters. The van der Waals surface area contributed by atoms with E-state index in [2.05, 4.69) is 11.2 Å². The molecule has 0 heterocycles. The number of hydrogen-bond acceptors (Lipinski definition) is 2. The van der Waals surface area contributed by atoms with E-state index in [0.29, 0.717) is 12.1 Å². The first-order valence-corrected chi connectivity index (χ1v) is 5.64. The lowest BCUT2D eigenvalue weighted by Gasteiger charge is -2.16. The molecule has 1 amide bonds. The lowest BCUT2D eigenvalue weighted by molar-refractivity contribution is 0.0938. The quantitative estimate of drug-likeness (QED) is 0.771. The number of benzene rings is 1. The van der Waals surface area contributed by atoms with Gasteiger partial charge in [-0.05, 0) is 23.6 Å². The zero-order valence-corrected chi connectivity index (χ0v) is 10.2. The van der Waals surface area contributed by atoms with E-state index >= 15 is 0 Å². The van der Waals surface area contributed by atoms with Gasteiger partial charge in [0.2, 0.25) is 0 Å². The summed E-state index contributed by atoms with van der Waals surface area (Å²) in [4.78, 5) is 11.9. The van der Waals surface area contributed by atoms with E-state index in [1.165, 1.54) is 0 Å². The van der Waals surface area contributed by atoms with Crippen LogP contribution >= 0.6 is 0 Å². The third kappa shape index (κ3) is 3.61. The van der Waals surface area contributed by atoms with Gasteiger partial charge < -0.3 is 11.1 Å². The number of rotatable bonds is 4. The summed E-state index contributed by atoms with van der Waals surface area (Å²) < 4.78 is 0. The fraction of sp³-hybridized carbons (Fsp3) is 0.357. The molecule has 90 valence electrons. The van der Waals surface area contributed by atoms with Crippen molar-refractivity contribution in [1.82, 2.24) is 5.32 Å². The lowest BCUT2D eigenvalue weighted by atomic mass is 10.0. The zero-order valence-electron chi connectivity index (χ0n) is 10.2. The van der Waals surface area contributed by atoms with Gasteiger partial charge >= 0.3 is 0 Å². The Labute approximate surface area is 102 Å². The molecule has 1 aromatic rings. The fourth-order valence-electron chi connectivity index (χ4n) is 1.42. The molecule has 3 heteroatoms. The van der Waals surface area contributed by atoms with Crippen LogP contribution in [0.5, 0.6) is 0 Å². The van der Waals surface area contributed by atoms with Crippen LogP contribution in [0.3, 0.4) is 0 Å². The Morgan fingerprint density at radius 2 is 2.00 bits per heavy atom. The molecule has 3 nitrogen and oxygen atoms in total. The summed E-state index contributed by atoms with van der Waals surface area (Å²) in [6, 6.07) is 6.96. The zero-order chi connectivity index (χ0) is 12.8. The molecule has 0 saturated heterocycles. The molecular weight excluding hydrogens is 212 g/mol. The van der Waals surface area contributed by atoms with Gasteiger partial charge in [-0.1, -0.05) is 31.9 Å². The Hall–Kier alpha value is -1.79. The highest BCUT2D eigenvalue weighted by Crippen LogP contribution is 2.06. The second-order valence-corrected chi connectivity index (χ2v) is 4.26. The van der Waals surface area contributed by atoms with Gasteiger partial charge in [-0.3, -0.25) is 4.79 Å². The Kier molecular flexibility index (Phi) is 4.74. The average Bonchev–Trinajstić information content (AvgIpc) is 2.35. The molecule has 17 heavy (non-hydrogen) atoms. The van der Waals surface area contributed by atoms with E-state index in [-0.39, 0.29) is 17.9 Å². The van der Waals surface area contributed by atoms with Crippen molar-refractivity contribution in [2.24, 2.45) is 11.7 Å². The van der Waals surface area contributed by atoms with Crippen LogP contribution in [0.25, 0.3) is 0 Å². The van der Waals surface area contributed by atoms with Crippen LogP contribution in [-0.2, 0) is 6.54 Å². The summed E-state index contributed by atoms with van der Waals surface area (Å²) in [6.45, 7) is 4.42. The Morgan fingerprint density at radius 3 is 2.41 bits per heavy atom. The van der Waals surface area contributed by atoms with Gasteiger partial charge in [0.15, 0.2) is 0 Å². The molecule has 1 atom stereocenters. The van der Waals surface area contributed by atoms with Crippen molar-refractivity contribution in [3.8, 4) is 12.3 Å². The van der Waals surface area contributed by atoms with Crippen LogP contribution in [0.15, 0.2) is 24.3 Å². The summed E-state index contributed by atoms with van der Waals surface area (Å²) in [6.07, 6.45) is 5.36. The molecule has 0 aromatic heterocycles. The molecule has 0 aliphatic heterocycles. The molecule has 1 rings (SSSR count). The first kappa shape index (κ1) is 13.3. The van der Waals surface area contributed by atoms with Gasteiger partial charge in [-0.15, -0.1) is 6.42 Å². The van der Waals surface area contributed by atoms with Crippen LogP contribution in [0, 0.1) is 18.3 Å². The molecule has 0 fully saturated rings. The van der Waals surface area contributed by atoms with E-state index in [9.17, 15) is 4.79 Å². The van der Waals surface area contributed by atoms with Crippen molar-refractivity contribution in [2.45, 2.75) is 26.4 Å². The van der Waals surface area contributed by atoms with Crippen LogP contribution in [0.4, 0.5) is 0 Å². The number of carbonyl (C=O) groups is 1.